The van der Waals surface area contributed by atoms with E-state index in [1.165, 1.54) is 10.4 Å². The Morgan fingerprint density at radius 2 is 2.23 bits per heavy atom. The van der Waals surface area contributed by atoms with Crippen LogP contribution in [-0.4, -0.2) is 47.7 Å². The van der Waals surface area contributed by atoms with E-state index in [1.807, 2.05) is 18.3 Å². The van der Waals surface area contributed by atoms with E-state index in [-0.39, 0.29) is 17.6 Å². The molecule has 168 valence electrons. The Hall–Kier alpha value is -1.70. The van der Waals surface area contributed by atoms with E-state index in [1.54, 1.807) is 10.9 Å². The fourth-order valence-electron chi connectivity index (χ4n) is 5.61. The average Bonchev–Trinajstić information content (AvgIpc) is 3.35. The second-order valence-electron chi connectivity index (χ2n) is 9.63. The van der Waals surface area contributed by atoms with E-state index in [2.05, 4.69) is 35.3 Å². The highest BCUT2D eigenvalue weighted by molar-refractivity contribution is 7.12. The molecule has 1 amide bonds. The average molecular weight is 444 g/mol. The zero-order valence-electron chi connectivity index (χ0n) is 18.8. The highest BCUT2D eigenvalue weighted by atomic mass is 32.1. The number of carbonyl (C=O) groups excluding carboxylic acids is 1. The number of amides is 1. The standard InChI is InChI=1S/C24H33N3O3S/c1-4-19-12-20-22(31-19)5-8-29-24(20)6-7-27(16(3)13-24)14-17-10-18(11-17)25-23(28)21-9-15(2)26-30-21/h9,12,16-18H,4-8,10-11,13-14H2,1-3H3,(H,25,28)/t16-,17?,18?,24+/m0/s1. The summed E-state index contributed by atoms with van der Waals surface area (Å²) in [6.07, 6.45) is 6.43. The molecule has 7 heteroatoms. The van der Waals surface area contributed by atoms with Crippen LogP contribution in [0.15, 0.2) is 16.7 Å². The van der Waals surface area contributed by atoms with Crippen molar-refractivity contribution in [2.75, 3.05) is 19.7 Å². The molecule has 0 bridgehead atoms. The van der Waals surface area contributed by atoms with E-state index >= 15 is 0 Å². The van der Waals surface area contributed by atoms with Crippen LogP contribution in [0.2, 0.25) is 0 Å². The number of thiophene rings is 1. The van der Waals surface area contributed by atoms with Gasteiger partial charge in [0.25, 0.3) is 5.91 Å². The minimum atomic E-state index is -0.148. The fraction of sp³-hybridized carbons (Fsp3) is 0.667. The third-order valence-electron chi connectivity index (χ3n) is 7.37. The Balaban J connectivity index is 1.14. The Morgan fingerprint density at radius 1 is 1.39 bits per heavy atom. The van der Waals surface area contributed by atoms with Crippen molar-refractivity contribution in [1.82, 2.24) is 15.4 Å². The number of likely N-dealkylation sites (tertiary alicyclic amines) is 1. The third kappa shape index (κ3) is 4.08. The number of nitrogens with one attached hydrogen (secondary N) is 1. The maximum Gasteiger partial charge on any atom is 0.290 e. The summed E-state index contributed by atoms with van der Waals surface area (Å²) in [6.45, 7) is 9.49. The summed E-state index contributed by atoms with van der Waals surface area (Å²) in [6, 6.07) is 4.87. The van der Waals surface area contributed by atoms with Crippen LogP contribution in [-0.2, 0) is 23.2 Å². The monoisotopic (exact) mass is 443 g/mol. The van der Waals surface area contributed by atoms with Gasteiger partial charge in [0, 0.05) is 47.4 Å². The van der Waals surface area contributed by atoms with Crippen LogP contribution in [0.5, 0.6) is 0 Å². The summed E-state index contributed by atoms with van der Waals surface area (Å²) in [4.78, 5) is 17.9. The summed E-state index contributed by atoms with van der Waals surface area (Å²) in [5, 5.41) is 6.87. The maximum atomic E-state index is 12.2. The Morgan fingerprint density at radius 3 is 2.94 bits per heavy atom. The molecule has 2 fully saturated rings. The molecule has 2 aliphatic heterocycles. The van der Waals surface area contributed by atoms with Crippen LogP contribution >= 0.6 is 11.3 Å². The third-order valence-corrected chi connectivity index (χ3v) is 8.71. The molecule has 1 spiro atoms. The number of hydrogen-bond donors (Lipinski definition) is 1. The maximum absolute atomic E-state index is 12.2. The van der Waals surface area contributed by atoms with Gasteiger partial charge in [0.2, 0.25) is 5.76 Å². The van der Waals surface area contributed by atoms with Crippen molar-refractivity contribution < 1.29 is 14.1 Å². The van der Waals surface area contributed by atoms with Crippen LogP contribution in [0.3, 0.4) is 0 Å². The molecule has 1 saturated heterocycles. The topological polar surface area (TPSA) is 67.6 Å². The zero-order chi connectivity index (χ0) is 21.6. The molecule has 0 unspecified atom stereocenters. The number of nitrogens with zero attached hydrogens (tertiary/aromatic N) is 2. The van der Waals surface area contributed by atoms with Gasteiger partial charge in [-0.25, -0.2) is 0 Å². The summed E-state index contributed by atoms with van der Waals surface area (Å²) in [7, 11) is 0. The number of aryl methyl sites for hydroxylation is 2. The minimum Gasteiger partial charge on any atom is -0.370 e. The molecule has 31 heavy (non-hydrogen) atoms. The molecule has 1 saturated carbocycles. The Bertz CT molecular complexity index is 948. The first kappa shape index (κ1) is 21.2. The number of rotatable bonds is 5. The van der Waals surface area contributed by atoms with Crippen LogP contribution in [0, 0.1) is 12.8 Å². The number of aromatic nitrogens is 1. The lowest BCUT2D eigenvalue weighted by Crippen LogP contribution is -2.54. The molecule has 1 N–H and O–H groups in total. The second-order valence-corrected chi connectivity index (χ2v) is 10.9. The van der Waals surface area contributed by atoms with Crippen LogP contribution < -0.4 is 5.32 Å². The lowest BCUT2D eigenvalue weighted by molar-refractivity contribution is -0.114. The normalized spacial score (nSPS) is 30.7. The van der Waals surface area contributed by atoms with E-state index < -0.39 is 0 Å². The summed E-state index contributed by atoms with van der Waals surface area (Å²) >= 11 is 1.99. The molecular formula is C24H33N3O3S. The molecule has 1 aliphatic carbocycles. The minimum absolute atomic E-state index is 0.0707. The van der Waals surface area contributed by atoms with Crippen molar-refractivity contribution in [2.24, 2.45) is 5.92 Å². The summed E-state index contributed by atoms with van der Waals surface area (Å²) < 4.78 is 11.5. The van der Waals surface area contributed by atoms with Crippen LogP contribution in [0.25, 0.3) is 0 Å². The van der Waals surface area contributed by atoms with Gasteiger partial charge in [0.1, 0.15) is 0 Å². The largest absolute Gasteiger partial charge is 0.370 e. The molecule has 4 heterocycles. The smallest absolute Gasteiger partial charge is 0.290 e. The van der Waals surface area contributed by atoms with Gasteiger partial charge < -0.3 is 19.5 Å². The van der Waals surface area contributed by atoms with Crippen molar-refractivity contribution in [1.29, 1.82) is 0 Å². The predicted molar refractivity (Wildman–Crippen MR) is 121 cm³/mol. The number of piperidine rings is 1. The van der Waals surface area contributed by atoms with E-state index in [0.29, 0.717) is 17.7 Å². The quantitative estimate of drug-likeness (QED) is 0.755. The predicted octanol–water partition coefficient (Wildman–Crippen LogP) is 4.07. The fourth-order valence-corrected chi connectivity index (χ4v) is 6.79. The van der Waals surface area contributed by atoms with Gasteiger partial charge in [0.05, 0.1) is 17.9 Å². The van der Waals surface area contributed by atoms with Gasteiger partial charge in [-0.15, -0.1) is 11.3 Å². The van der Waals surface area contributed by atoms with Crippen molar-refractivity contribution in [3.05, 3.63) is 38.9 Å². The molecule has 6 nitrogen and oxygen atoms in total. The number of ether oxygens (including phenoxy) is 1. The van der Waals surface area contributed by atoms with Gasteiger partial charge in [-0.3, -0.25) is 4.79 Å². The molecule has 2 atom stereocenters. The van der Waals surface area contributed by atoms with E-state index in [4.69, 9.17) is 9.26 Å². The number of carbonyl (C=O) groups is 1. The first-order valence-corrected chi connectivity index (χ1v) is 12.5. The van der Waals surface area contributed by atoms with E-state index in [0.717, 1.165) is 63.9 Å². The lowest BCUT2D eigenvalue weighted by atomic mass is 9.76. The second kappa shape index (κ2) is 8.34. The first-order chi connectivity index (χ1) is 15.0. The van der Waals surface area contributed by atoms with Gasteiger partial charge in [-0.05, 0) is 63.5 Å². The summed E-state index contributed by atoms with van der Waals surface area (Å²) in [5.41, 5.74) is 2.15. The zero-order valence-corrected chi connectivity index (χ0v) is 19.6. The molecule has 2 aromatic rings. The SMILES string of the molecule is CCc1cc2c(s1)CCO[C@@]21CCN(CC2CC(NC(=O)c3cc(C)no3)C2)[C@@H](C)C1. The Kier molecular flexibility index (Phi) is 5.69. The molecule has 0 aromatic carbocycles. The first-order valence-electron chi connectivity index (χ1n) is 11.7. The molecular weight excluding hydrogens is 410 g/mol. The van der Waals surface area contributed by atoms with Crippen molar-refractivity contribution in [3.63, 3.8) is 0 Å². The lowest BCUT2D eigenvalue weighted by Gasteiger charge is -2.49. The number of hydrogen-bond acceptors (Lipinski definition) is 6. The van der Waals surface area contributed by atoms with Crippen molar-refractivity contribution >= 4 is 17.2 Å². The van der Waals surface area contributed by atoms with Crippen molar-refractivity contribution in [3.8, 4) is 0 Å². The van der Waals surface area contributed by atoms with Gasteiger partial charge in [-0.1, -0.05) is 12.1 Å². The van der Waals surface area contributed by atoms with Crippen molar-refractivity contribution in [2.45, 2.75) is 77.0 Å². The highest BCUT2D eigenvalue weighted by Crippen LogP contribution is 2.46. The van der Waals surface area contributed by atoms with Gasteiger partial charge in [0.15, 0.2) is 0 Å². The molecule has 5 rings (SSSR count). The van der Waals surface area contributed by atoms with Gasteiger partial charge in [-0.2, -0.15) is 0 Å². The van der Waals surface area contributed by atoms with Gasteiger partial charge >= 0.3 is 0 Å². The summed E-state index contributed by atoms with van der Waals surface area (Å²) in [5.74, 6) is 0.807. The van der Waals surface area contributed by atoms with E-state index in [9.17, 15) is 4.79 Å². The Labute approximate surface area is 188 Å². The number of fused-ring (bicyclic) bond motifs is 2. The van der Waals surface area contributed by atoms with Crippen LogP contribution in [0.1, 0.15) is 71.1 Å². The molecule has 0 radical (unpaired) electrons. The molecule has 2 aromatic heterocycles. The highest BCUT2D eigenvalue weighted by Gasteiger charge is 2.45. The molecule has 3 aliphatic rings. The van der Waals surface area contributed by atoms with Crippen LogP contribution in [0.4, 0.5) is 0 Å².